The van der Waals surface area contributed by atoms with Crippen molar-refractivity contribution < 1.29 is 14.4 Å². The number of nitrogens with zero attached hydrogens (tertiary/aromatic N) is 1. The second-order valence-corrected chi connectivity index (χ2v) is 5.60. The second kappa shape index (κ2) is 5.50. The number of carbonyl (C=O) groups is 1. The minimum atomic E-state index is -0.861. The minimum absolute atomic E-state index is 0.00329. The van der Waals surface area contributed by atoms with Gasteiger partial charge in [0.25, 0.3) is 5.56 Å². The van der Waals surface area contributed by atoms with Gasteiger partial charge < -0.3 is 14.5 Å². The van der Waals surface area contributed by atoms with Crippen molar-refractivity contribution in [2.24, 2.45) is 5.92 Å². The topological polar surface area (TPSA) is 86.5 Å². The van der Waals surface area contributed by atoms with Crippen LogP contribution in [0, 0.1) is 5.92 Å². The van der Waals surface area contributed by atoms with E-state index < -0.39 is 6.09 Å². The first kappa shape index (κ1) is 13.7. The number of piperidine rings is 1. The number of likely N-dealkylation sites (tertiary alicyclic amines) is 1. The van der Waals surface area contributed by atoms with Crippen LogP contribution in [0.5, 0.6) is 0 Å². The molecule has 2 N–H and O–H groups in total. The quantitative estimate of drug-likeness (QED) is 0.880. The van der Waals surface area contributed by atoms with Crippen LogP contribution in [0.25, 0.3) is 0 Å². The highest BCUT2D eigenvalue weighted by Gasteiger charge is 2.33. The third-order valence-electron chi connectivity index (χ3n) is 3.65. The monoisotopic (exact) mass is 268 g/mol. The molecule has 2 atom stereocenters. The highest BCUT2D eigenvalue weighted by atomic mass is 16.5. The molecule has 0 radical (unpaired) electrons. The van der Waals surface area contributed by atoms with Crippen molar-refractivity contribution in [3.63, 3.8) is 0 Å². The zero-order valence-corrected chi connectivity index (χ0v) is 11.3. The van der Waals surface area contributed by atoms with Crippen molar-refractivity contribution in [2.45, 2.75) is 45.1 Å². The van der Waals surface area contributed by atoms with Gasteiger partial charge in [-0.1, -0.05) is 13.8 Å². The average molecular weight is 268 g/mol. The van der Waals surface area contributed by atoms with E-state index in [0.717, 1.165) is 6.42 Å². The summed E-state index contributed by atoms with van der Waals surface area (Å²) in [7, 11) is 0. The molecule has 0 saturated carbocycles. The third kappa shape index (κ3) is 3.19. The molecule has 0 aromatic carbocycles. The summed E-state index contributed by atoms with van der Waals surface area (Å²) in [6, 6.07) is 1.46. The number of hydrogen-bond acceptors (Lipinski definition) is 3. The summed E-state index contributed by atoms with van der Waals surface area (Å²) < 4.78 is 5.15. The Morgan fingerprint density at radius 3 is 2.89 bits per heavy atom. The molecule has 0 aliphatic carbocycles. The van der Waals surface area contributed by atoms with Crippen LogP contribution in [0.2, 0.25) is 0 Å². The van der Waals surface area contributed by atoms with Crippen LogP contribution in [-0.4, -0.2) is 33.8 Å². The van der Waals surface area contributed by atoms with E-state index in [1.54, 1.807) is 0 Å². The Labute approximate surface area is 111 Å². The van der Waals surface area contributed by atoms with Crippen molar-refractivity contribution in [3.05, 3.63) is 22.2 Å². The third-order valence-corrected chi connectivity index (χ3v) is 3.65. The smallest absolute Gasteiger partial charge is 0.407 e. The molecule has 2 rings (SSSR count). The Hall–Kier alpha value is -1.72. The van der Waals surface area contributed by atoms with E-state index in [4.69, 9.17) is 4.52 Å². The van der Waals surface area contributed by atoms with Crippen LogP contribution in [0.4, 0.5) is 4.79 Å². The molecular formula is C13H20N2O4. The second-order valence-electron chi connectivity index (χ2n) is 5.60. The van der Waals surface area contributed by atoms with Gasteiger partial charge in [-0.25, -0.2) is 4.79 Å². The molecule has 106 valence electrons. The molecule has 19 heavy (non-hydrogen) atoms. The lowest BCUT2D eigenvalue weighted by molar-refractivity contribution is 0.0887. The summed E-state index contributed by atoms with van der Waals surface area (Å²) in [5.74, 6) is 1.20. The Balaban J connectivity index is 2.11. The molecule has 1 aliphatic rings. The van der Waals surface area contributed by atoms with Crippen LogP contribution in [0.1, 0.15) is 44.8 Å². The maximum atomic E-state index is 11.2. The standard InChI is InChI=1S/C13H20N2O4/c1-8(2)5-10-6-9(3-4-15(10)13(17)18)11-7-12(16)14-19-11/h7-10H,3-6H2,1-2H3,(H,14,16)(H,17,18)/t9-,10+/m1/s1. The van der Waals surface area contributed by atoms with E-state index in [1.807, 2.05) is 0 Å². The Kier molecular flexibility index (Phi) is 3.97. The first-order valence-electron chi connectivity index (χ1n) is 6.65. The normalized spacial score (nSPS) is 23.8. The van der Waals surface area contributed by atoms with Gasteiger partial charge in [0.05, 0.1) is 0 Å². The molecule has 2 heterocycles. The number of H-pyrrole nitrogens is 1. The Morgan fingerprint density at radius 2 is 2.37 bits per heavy atom. The van der Waals surface area contributed by atoms with Crippen LogP contribution >= 0.6 is 0 Å². The lowest BCUT2D eigenvalue weighted by atomic mass is 9.85. The molecule has 1 saturated heterocycles. The molecule has 0 unspecified atom stereocenters. The number of carboxylic acid groups (broad SMARTS) is 1. The van der Waals surface area contributed by atoms with E-state index in [9.17, 15) is 14.7 Å². The van der Waals surface area contributed by atoms with Gasteiger partial charge in [0, 0.05) is 24.6 Å². The predicted octanol–water partition coefficient (Wildman–Crippen LogP) is 2.24. The minimum Gasteiger partial charge on any atom is -0.465 e. The van der Waals surface area contributed by atoms with Gasteiger partial charge in [0.1, 0.15) is 5.76 Å². The van der Waals surface area contributed by atoms with Crippen molar-refractivity contribution in [3.8, 4) is 0 Å². The molecule has 1 amide bonds. The SMILES string of the molecule is CC(C)C[C@H]1C[C@H](c2cc(=O)[nH]o2)CCN1C(=O)O. The maximum Gasteiger partial charge on any atom is 0.407 e. The number of hydrogen-bond donors (Lipinski definition) is 2. The fraction of sp³-hybridized carbons (Fsp3) is 0.692. The van der Waals surface area contributed by atoms with Crippen molar-refractivity contribution in [1.29, 1.82) is 0 Å². The number of rotatable bonds is 3. The van der Waals surface area contributed by atoms with Crippen molar-refractivity contribution in [1.82, 2.24) is 10.1 Å². The van der Waals surface area contributed by atoms with E-state index in [2.05, 4.69) is 19.0 Å². The zero-order chi connectivity index (χ0) is 14.0. The number of nitrogens with one attached hydrogen (secondary N) is 1. The van der Waals surface area contributed by atoms with Gasteiger partial charge in [-0.2, -0.15) is 5.16 Å². The molecular weight excluding hydrogens is 248 g/mol. The van der Waals surface area contributed by atoms with Gasteiger partial charge >= 0.3 is 6.09 Å². The van der Waals surface area contributed by atoms with Gasteiger partial charge in [-0.15, -0.1) is 0 Å². The van der Waals surface area contributed by atoms with Gasteiger partial charge in [-0.3, -0.25) is 4.79 Å². The largest absolute Gasteiger partial charge is 0.465 e. The fourth-order valence-corrected chi connectivity index (χ4v) is 2.83. The Morgan fingerprint density at radius 1 is 1.63 bits per heavy atom. The Bertz CT molecular complexity index is 491. The van der Waals surface area contributed by atoms with E-state index in [-0.39, 0.29) is 17.5 Å². The highest BCUT2D eigenvalue weighted by Crippen LogP contribution is 2.33. The van der Waals surface area contributed by atoms with Crippen LogP contribution < -0.4 is 5.56 Å². The highest BCUT2D eigenvalue weighted by molar-refractivity contribution is 5.65. The molecule has 6 nitrogen and oxygen atoms in total. The summed E-state index contributed by atoms with van der Waals surface area (Å²) in [4.78, 5) is 23.9. The lowest BCUT2D eigenvalue weighted by Gasteiger charge is -2.37. The molecule has 1 fully saturated rings. The molecule has 0 spiro atoms. The molecule has 1 aliphatic heterocycles. The summed E-state index contributed by atoms with van der Waals surface area (Å²) in [5.41, 5.74) is -0.240. The van der Waals surface area contributed by atoms with Gasteiger partial charge in [0.15, 0.2) is 0 Å². The summed E-state index contributed by atoms with van der Waals surface area (Å²) >= 11 is 0. The van der Waals surface area contributed by atoms with Crippen LogP contribution in [0.15, 0.2) is 15.4 Å². The number of aromatic amines is 1. The average Bonchev–Trinajstić information content (AvgIpc) is 2.74. The van der Waals surface area contributed by atoms with Crippen LogP contribution in [-0.2, 0) is 0 Å². The van der Waals surface area contributed by atoms with Crippen LogP contribution in [0.3, 0.4) is 0 Å². The molecule has 6 heteroatoms. The predicted molar refractivity (Wildman–Crippen MR) is 69.3 cm³/mol. The molecule has 1 aromatic heterocycles. The number of aromatic nitrogens is 1. The maximum absolute atomic E-state index is 11.2. The summed E-state index contributed by atoms with van der Waals surface area (Å²) in [5, 5.41) is 11.5. The van der Waals surface area contributed by atoms with E-state index in [1.165, 1.54) is 11.0 Å². The lowest BCUT2D eigenvalue weighted by Crippen LogP contribution is -2.45. The van der Waals surface area contributed by atoms with Crippen molar-refractivity contribution in [2.75, 3.05) is 6.54 Å². The number of amides is 1. The first-order chi connectivity index (χ1) is 8.97. The summed E-state index contributed by atoms with van der Waals surface area (Å²) in [6.07, 6.45) is 1.38. The van der Waals surface area contributed by atoms with E-state index in [0.29, 0.717) is 31.1 Å². The van der Waals surface area contributed by atoms with Gasteiger partial charge in [-0.05, 0) is 25.2 Å². The van der Waals surface area contributed by atoms with E-state index >= 15 is 0 Å². The van der Waals surface area contributed by atoms with Crippen molar-refractivity contribution >= 4 is 6.09 Å². The zero-order valence-electron chi connectivity index (χ0n) is 11.3. The first-order valence-corrected chi connectivity index (χ1v) is 6.65. The molecule has 0 bridgehead atoms. The summed E-state index contributed by atoms with van der Waals surface area (Å²) in [6.45, 7) is 4.66. The molecule has 1 aromatic rings. The fourth-order valence-electron chi connectivity index (χ4n) is 2.83. The van der Waals surface area contributed by atoms with Gasteiger partial charge in [0.2, 0.25) is 0 Å².